The molecule has 0 bridgehead atoms. The lowest BCUT2D eigenvalue weighted by Gasteiger charge is -2.07. The summed E-state index contributed by atoms with van der Waals surface area (Å²) < 4.78 is 7.18. The van der Waals surface area contributed by atoms with Crippen molar-refractivity contribution in [3.8, 4) is 16.5 Å². The van der Waals surface area contributed by atoms with Gasteiger partial charge in [-0.15, -0.1) is 11.3 Å². The molecule has 0 fully saturated rings. The smallest absolute Gasteiger partial charge is 0.275 e. The van der Waals surface area contributed by atoms with E-state index in [9.17, 15) is 4.79 Å². The minimum Gasteiger partial charge on any atom is -0.478 e. The lowest BCUT2D eigenvalue weighted by Crippen LogP contribution is -2.16. The van der Waals surface area contributed by atoms with E-state index in [1.165, 1.54) is 12.4 Å². The van der Waals surface area contributed by atoms with Crippen LogP contribution in [0.2, 0.25) is 0 Å². The van der Waals surface area contributed by atoms with E-state index in [1.807, 2.05) is 53.2 Å². The van der Waals surface area contributed by atoms with Crippen LogP contribution in [0.5, 0.6) is 5.88 Å². The van der Waals surface area contributed by atoms with Crippen LogP contribution in [0.4, 0.5) is 5.82 Å². The standard InChI is InChI=1S/C18H15N5O2S/c1-2-25-15-10-12(19-11-20-15)18(24)22-17-16(13-6-5-9-26-13)21-14-7-3-4-8-23(14)17/h3-11H,2H2,1H3,(H,22,24). The Balaban J connectivity index is 1.73. The second-order valence-electron chi connectivity index (χ2n) is 5.34. The van der Waals surface area contributed by atoms with Crippen molar-refractivity contribution in [2.45, 2.75) is 6.92 Å². The van der Waals surface area contributed by atoms with Gasteiger partial charge in [-0.3, -0.25) is 9.20 Å². The minimum absolute atomic E-state index is 0.228. The Morgan fingerprint density at radius 3 is 3.00 bits per heavy atom. The maximum absolute atomic E-state index is 12.7. The van der Waals surface area contributed by atoms with Gasteiger partial charge in [-0.05, 0) is 30.5 Å². The van der Waals surface area contributed by atoms with Crippen LogP contribution in [0.1, 0.15) is 17.4 Å². The number of nitrogens with zero attached hydrogens (tertiary/aromatic N) is 4. The summed E-state index contributed by atoms with van der Waals surface area (Å²) >= 11 is 1.56. The summed E-state index contributed by atoms with van der Waals surface area (Å²) in [6.45, 7) is 2.32. The normalized spacial score (nSPS) is 10.8. The maximum atomic E-state index is 12.7. The van der Waals surface area contributed by atoms with Crippen LogP contribution >= 0.6 is 11.3 Å². The Hall–Kier alpha value is -3.26. The van der Waals surface area contributed by atoms with Gasteiger partial charge in [-0.25, -0.2) is 15.0 Å². The van der Waals surface area contributed by atoms with Crippen molar-refractivity contribution in [1.82, 2.24) is 19.4 Å². The number of carbonyl (C=O) groups excluding carboxylic acids is 1. The van der Waals surface area contributed by atoms with E-state index in [-0.39, 0.29) is 11.6 Å². The third-order valence-electron chi connectivity index (χ3n) is 3.68. The van der Waals surface area contributed by atoms with E-state index in [4.69, 9.17) is 4.74 Å². The highest BCUT2D eigenvalue weighted by Gasteiger charge is 2.18. The van der Waals surface area contributed by atoms with Gasteiger partial charge in [-0.2, -0.15) is 0 Å². The summed E-state index contributed by atoms with van der Waals surface area (Å²) in [4.78, 5) is 26.4. The van der Waals surface area contributed by atoms with Crippen molar-refractivity contribution in [2.75, 3.05) is 11.9 Å². The number of rotatable bonds is 5. The van der Waals surface area contributed by atoms with Gasteiger partial charge >= 0.3 is 0 Å². The molecule has 0 aliphatic heterocycles. The predicted octanol–water partition coefficient (Wildman–Crippen LogP) is 3.50. The van der Waals surface area contributed by atoms with E-state index < -0.39 is 0 Å². The fourth-order valence-electron chi connectivity index (χ4n) is 2.56. The number of anilines is 1. The zero-order chi connectivity index (χ0) is 17.9. The second kappa shape index (κ2) is 6.93. The van der Waals surface area contributed by atoms with Crippen molar-refractivity contribution in [3.05, 3.63) is 60.0 Å². The molecular weight excluding hydrogens is 350 g/mol. The molecule has 0 spiro atoms. The number of hydrogen-bond acceptors (Lipinski definition) is 6. The molecule has 0 aromatic carbocycles. The number of carbonyl (C=O) groups is 1. The number of aromatic nitrogens is 4. The first-order valence-corrected chi connectivity index (χ1v) is 8.91. The molecule has 1 N–H and O–H groups in total. The number of imidazole rings is 1. The van der Waals surface area contributed by atoms with Gasteiger partial charge in [0, 0.05) is 12.3 Å². The molecular formula is C18H15N5O2S. The highest BCUT2D eigenvalue weighted by molar-refractivity contribution is 7.13. The molecule has 0 unspecified atom stereocenters. The number of thiophene rings is 1. The zero-order valence-electron chi connectivity index (χ0n) is 13.9. The lowest BCUT2D eigenvalue weighted by atomic mass is 10.3. The summed E-state index contributed by atoms with van der Waals surface area (Å²) in [5, 5.41) is 4.91. The highest BCUT2D eigenvalue weighted by Crippen LogP contribution is 2.32. The molecule has 7 nitrogen and oxygen atoms in total. The van der Waals surface area contributed by atoms with Crippen LogP contribution in [0.3, 0.4) is 0 Å². The lowest BCUT2D eigenvalue weighted by molar-refractivity contribution is 0.102. The zero-order valence-corrected chi connectivity index (χ0v) is 14.7. The third-order valence-corrected chi connectivity index (χ3v) is 4.56. The average Bonchev–Trinajstić information content (AvgIpc) is 3.30. The molecule has 0 aliphatic rings. The van der Waals surface area contributed by atoms with Crippen molar-refractivity contribution in [2.24, 2.45) is 0 Å². The summed E-state index contributed by atoms with van der Waals surface area (Å²) in [6, 6.07) is 11.1. The summed E-state index contributed by atoms with van der Waals surface area (Å²) in [6.07, 6.45) is 3.18. The van der Waals surface area contributed by atoms with E-state index in [0.29, 0.717) is 18.3 Å². The van der Waals surface area contributed by atoms with E-state index in [1.54, 1.807) is 11.3 Å². The summed E-state index contributed by atoms with van der Waals surface area (Å²) in [5.41, 5.74) is 1.70. The van der Waals surface area contributed by atoms with Gasteiger partial charge in [0.15, 0.2) is 0 Å². The van der Waals surface area contributed by atoms with Gasteiger partial charge < -0.3 is 10.1 Å². The third kappa shape index (κ3) is 3.02. The van der Waals surface area contributed by atoms with Gasteiger partial charge in [0.2, 0.25) is 5.88 Å². The largest absolute Gasteiger partial charge is 0.478 e. The topological polar surface area (TPSA) is 81.4 Å². The fourth-order valence-corrected chi connectivity index (χ4v) is 3.28. The average molecular weight is 365 g/mol. The van der Waals surface area contributed by atoms with Gasteiger partial charge in [0.25, 0.3) is 5.91 Å². The van der Waals surface area contributed by atoms with Crippen LogP contribution < -0.4 is 10.1 Å². The van der Waals surface area contributed by atoms with Crippen LogP contribution in [0, 0.1) is 0 Å². The van der Waals surface area contributed by atoms with Crippen LogP contribution in [-0.2, 0) is 0 Å². The number of nitrogens with one attached hydrogen (secondary N) is 1. The van der Waals surface area contributed by atoms with Gasteiger partial charge in [0.05, 0.1) is 11.5 Å². The number of amides is 1. The van der Waals surface area contributed by atoms with Crippen molar-refractivity contribution in [1.29, 1.82) is 0 Å². The first-order valence-electron chi connectivity index (χ1n) is 8.03. The molecule has 0 saturated heterocycles. The van der Waals surface area contributed by atoms with Gasteiger partial charge in [-0.1, -0.05) is 12.1 Å². The Bertz CT molecular complexity index is 1060. The Kier molecular flexibility index (Phi) is 4.32. The quantitative estimate of drug-likeness (QED) is 0.585. The number of ether oxygens (including phenoxy) is 1. The van der Waals surface area contributed by atoms with Crippen LogP contribution in [-0.4, -0.2) is 31.9 Å². The van der Waals surface area contributed by atoms with Gasteiger partial charge in [0.1, 0.15) is 29.2 Å². The van der Waals surface area contributed by atoms with E-state index >= 15 is 0 Å². The first kappa shape index (κ1) is 16.2. The highest BCUT2D eigenvalue weighted by atomic mass is 32.1. The Morgan fingerprint density at radius 1 is 1.27 bits per heavy atom. The predicted molar refractivity (Wildman–Crippen MR) is 99.7 cm³/mol. The molecule has 0 saturated carbocycles. The Labute approximate surface area is 153 Å². The Morgan fingerprint density at radius 2 is 2.19 bits per heavy atom. The molecule has 1 amide bonds. The van der Waals surface area contributed by atoms with Crippen LogP contribution in [0.15, 0.2) is 54.3 Å². The number of fused-ring (bicyclic) bond motifs is 1. The molecule has 130 valence electrons. The molecule has 4 aromatic heterocycles. The van der Waals surface area contributed by atoms with Crippen molar-refractivity contribution >= 4 is 28.7 Å². The van der Waals surface area contributed by atoms with Crippen molar-refractivity contribution < 1.29 is 9.53 Å². The molecule has 4 rings (SSSR count). The molecule has 4 aromatic rings. The molecule has 4 heterocycles. The van der Waals surface area contributed by atoms with E-state index in [0.717, 1.165) is 16.2 Å². The second-order valence-corrected chi connectivity index (χ2v) is 6.29. The monoisotopic (exact) mass is 365 g/mol. The maximum Gasteiger partial charge on any atom is 0.275 e. The molecule has 0 atom stereocenters. The molecule has 0 radical (unpaired) electrons. The van der Waals surface area contributed by atoms with Crippen molar-refractivity contribution in [3.63, 3.8) is 0 Å². The molecule has 26 heavy (non-hydrogen) atoms. The molecule has 0 aliphatic carbocycles. The van der Waals surface area contributed by atoms with E-state index in [2.05, 4.69) is 20.3 Å². The summed E-state index contributed by atoms with van der Waals surface area (Å²) in [5.74, 6) is 0.616. The fraction of sp³-hybridized carbons (Fsp3) is 0.111. The first-order chi connectivity index (χ1) is 12.8. The summed E-state index contributed by atoms with van der Waals surface area (Å²) in [7, 11) is 0. The number of hydrogen-bond donors (Lipinski definition) is 1. The minimum atomic E-state index is -0.350. The molecule has 8 heteroatoms. The van der Waals surface area contributed by atoms with Crippen LogP contribution in [0.25, 0.3) is 16.2 Å². The number of pyridine rings is 1. The SMILES string of the molecule is CCOc1cc(C(=O)Nc2c(-c3cccs3)nc3ccccn23)ncn1.